The van der Waals surface area contributed by atoms with Gasteiger partial charge in [0.15, 0.2) is 9.84 Å². The number of hydrogen-bond acceptors (Lipinski definition) is 4. The van der Waals surface area contributed by atoms with Crippen LogP contribution in [0.15, 0.2) is 29.2 Å². The van der Waals surface area contributed by atoms with Crippen LogP contribution >= 0.6 is 0 Å². The van der Waals surface area contributed by atoms with Crippen molar-refractivity contribution in [2.75, 3.05) is 19.3 Å². The van der Waals surface area contributed by atoms with Crippen molar-refractivity contribution in [3.63, 3.8) is 0 Å². The first-order valence-electron chi connectivity index (χ1n) is 7.15. The Labute approximate surface area is 121 Å². The van der Waals surface area contributed by atoms with Crippen molar-refractivity contribution in [3.8, 4) is 0 Å². The van der Waals surface area contributed by atoms with E-state index in [0.717, 1.165) is 18.7 Å². The lowest BCUT2D eigenvalue weighted by atomic mass is 9.90. The van der Waals surface area contributed by atoms with Gasteiger partial charge in [-0.15, -0.1) is 0 Å². The molecule has 2 unspecified atom stereocenters. The van der Waals surface area contributed by atoms with Crippen LogP contribution in [0.4, 0.5) is 0 Å². The molecule has 1 heterocycles. The smallest absolute Gasteiger partial charge is 0.175 e. The summed E-state index contributed by atoms with van der Waals surface area (Å²) in [5, 5.41) is 0. The van der Waals surface area contributed by atoms with E-state index in [2.05, 4.69) is 11.8 Å². The Morgan fingerprint density at radius 2 is 1.95 bits per heavy atom. The van der Waals surface area contributed by atoms with Crippen molar-refractivity contribution in [1.29, 1.82) is 0 Å². The number of hydrogen-bond donors (Lipinski definition) is 1. The maximum absolute atomic E-state index is 11.4. The molecule has 2 atom stereocenters. The van der Waals surface area contributed by atoms with E-state index in [0.29, 0.717) is 23.4 Å². The SMILES string of the molecule is CC1CCCN(Cc2ccc(S(C)(=O)=O)cc2)C1CN. The Bertz CT molecular complexity index is 539. The minimum Gasteiger partial charge on any atom is -0.329 e. The van der Waals surface area contributed by atoms with Gasteiger partial charge in [-0.2, -0.15) is 0 Å². The summed E-state index contributed by atoms with van der Waals surface area (Å²) in [5.74, 6) is 0.629. The Kier molecular flexibility index (Phi) is 4.83. The number of sulfone groups is 1. The molecule has 1 aliphatic heterocycles. The summed E-state index contributed by atoms with van der Waals surface area (Å²) >= 11 is 0. The number of nitrogens with zero attached hydrogens (tertiary/aromatic N) is 1. The molecule has 1 aromatic rings. The summed E-state index contributed by atoms with van der Waals surface area (Å²) < 4.78 is 22.9. The predicted molar refractivity (Wildman–Crippen MR) is 81.2 cm³/mol. The van der Waals surface area contributed by atoms with Crippen LogP contribution in [-0.4, -0.2) is 38.7 Å². The quantitative estimate of drug-likeness (QED) is 0.917. The van der Waals surface area contributed by atoms with Gasteiger partial charge in [0.05, 0.1) is 4.90 Å². The van der Waals surface area contributed by atoms with Gasteiger partial charge in [0.1, 0.15) is 0 Å². The Hall–Kier alpha value is -0.910. The first-order chi connectivity index (χ1) is 9.41. The second-order valence-electron chi connectivity index (χ2n) is 5.81. The van der Waals surface area contributed by atoms with Crippen LogP contribution < -0.4 is 5.73 Å². The van der Waals surface area contributed by atoms with E-state index < -0.39 is 9.84 Å². The van der Waals surface area contributed by atoms with Crippen LogP contribution in [0.5, 0.6) is 0 Å². The molecule has 5 heteroatoms. The molecule has 1 aliphatic rings. The molecule has 0 bridgehead atoms. The molecule has 0 saturated carbocycles. The van der Waals surface area contributed by atoms with Crippen molar-refractivity contribution in [2.45, 2.75) is 37.2 Å². The molecule has 112 valence electrons. The lowest BCUT2D eigenvalue weighted by Crippen LogP contribution is -2.47. The van der Waals surface area contributed by atoms with Crippen LogP contribution in [0.2, 0.25) is 0 Å². The van der Waals surface area contributed by atoms with Crippen molar-refractivity contribution < 1.29 is 8.42 Å². The zero-order valence-corrected chi connectivity index (χ0v) is 13.1. The maximum Gasteiger partial charge on any atom is 0.175 e. The third kappa shape index (κ3) is 3.59. The molecular weight excluding hydrogens is 272 g/mol. The summed E-state index contributed by atoms with van der Waals surface area (Å²) in [6, 6.07) is 7.62. The molecule has 0 aromatic heterocycles. The summed E-state index contributed by atoms with van der Waals surface area (Å²) in [7, 11) is -3.11. The third-order valence-electron chi connectivity index (χ3n) is 4.21. The van der Waals surface area contributed by atoms with Gasteiger partial charge in [-0.3, -0.25) is 4.90 Å². The van der Waals surface area contributed by atoms with Crippen molar-refractivity contribution in [3.05, 3.63) is 29.8 Å². The monoisotopic (exact) mass is 296 g/mol. The molecule has 20 heavy (non-hydrogen) atoms. The normalized spacial score (nSPS) is 24.8. The van der Waals surface area contributed by atoms with Crippen LogP contribution in [0.25, 0.3) is 0 Å². The van der Waals surface area contributed by atoms with E-state index in [1.54, 1.807) is 12.1 Å². The number of likely N-dealkylation sites (tertiary alicyclic amines) is 1. The Morgan fingerprint density at radius 3 is 2.50 bits per heavy atom. The van der Waals surface area contributed by atoms with Crippen LogP contribution in [0, 0.1) is 5.92 Å². The zero-order chi connectivity index (χ0) is 14.8. The lowest BCUT2D eigenvalue weighted by molar-refractivity contribution is 0.0991. The Balaban J connectivity index is 2.09. The second-order valence-corrected chi connectivity index (χ2v) is 7.82. The molecule has 1 saturated heterocycles. The van der Waals surface area contributed by atoms with Crippen LogP contribution in [-0.2, 0) is 16.4 Å². The molecule has 2 N–H and O–H groups in total. The van der Waals surface area contributed by atoms with E-state index in [9.17, 15) is 8.42 Å². The molecule has 0 aliphatic carbocycles. The molecule has 2 rings (SSSR count). The van der Waals surface area contributed by atoms with E-state index in [4.69, 9.17) is 5.73 Å². The summed E-state index contributed by atoms with van der Waals surface area (Å²) in [6.45, 7) is 4.86. The van der Waals surface area contributed by atoms with E-state index in [-0.39, 0.29) is 0 Å². The highest BCUT2D eigenvalue weighted by Gasteiger charge is 2.27. The fraction of sp³-hybridized carbons (Fsp3) is 0.600. The van der Waals surface area contributed by atoms with Gasteiger partial charge in [0, 0.05) is 25.4 Å². The maximum atomic E-state index is 11.4. The van der Waals surface area contributed by atoms with Crippen molar-refractivity contribution in [1.82, 2.24) is 4.90 Å². The molecule has 0 spiro atoms. The average molecular weight is 296 g/mol. The first-order valence-corrected chi connectivity index (χ1v) is 9.04. The highest BCUT2D eigenvalue weighted by atomic mass is 32.2. The Morgan fingerprint density at radius 1 is 1.30 bits per heavy atom. The fourth-order valence-electron chi connectivity index (χ4n) is 2.99. The van der Waals surface area contributed by atoms with Gasteiger partial charge in [-0.1, -0.05) is 19.1 Å². The topological polar surface area (TPSA) is 63.4 Å². The summed E-state index contributed by atoms with van der Waals surface area (Å²) in [6.07, 6.45) is 3.68. The van der Waals surface area contributed by atoms with Crippen molar-refractivity contribution >= 4 is 9.84 Å². The van der Waals surface area contributed by atoms with Gasteiger partial charge in [-0.25, -0.2) is 8.42 Å². The zero-order valence-electron chi connectivity index (χ0n) is 12.2. The van der Waals surface area contributed by atoms with Gasteiger partial charge in [-0.05, 0) is 43.0 Å². The highest BCUT2D eigenvalue weighted by molar-refractivity contribution is 7.90. The summed E-state index contributed by atoms with van der Waals surface area (Å²) in [5.41, 5.74) is 7.04. The molecule has 1 aromatic carbocycles. The van der Waals surface area contributed by atoms with Crippen molar-refractivity contribution in [2.24, 2.45) is 11.7 Å². The first kappa shape index (κ1) is 15.5. The minimum atomic E-state index is -3.11. The third-order valence-corrected chi connectivity index (χ3v) is 5.34. The lowest BCUT2D eigenvalue weighted by Gasteiger charge is -2.39. The van der Waals surface area contributed by atoms with E-state index >= 15 is 0 Å². The van der Waals surface area contributed by atoms with E-state index in [1.807, 2.05) is 12.1 Å². The molecule has 1 fully saturated rings. The minimum absolute atomic E-state index is 0.378. The van der Waals surface area contributed by atoms with Gasteiger partial charge in [0.2, 0.25) is 0 Å². The van der Waals surface area contributed by atoms with Gasteiger partial charge >= 0.3 is 0 Å². The van der Waals surface area contributed by atoms with E-state index in [1.165, 1.54) is 19.1 Å². The summed E-state index contributed by atoms with van der Waals surface area (Å²) in [4.78, 5) is 2.80. The number of nitrogens with two attached hydrogens (primary N) is 1. The van der Waals surface area contributed by atoms with Gasteiger partial charge < -0.3 is 5.73 Å². The molecular formula is C15H24N2O2S. The number of piperidine rings is 1. The predicted octanol–water partition coefficient (Wildman–Crippen LogP) is 1.65. The number of rotatable bonds is 4. The molecule has 4 nitrogen and oxygen atoms in total. The van der Waals surface area contributed by atoms with Crippen LogP contribution in [0.3, 0.4) is 0 Å². The fourth-order valence-corrected chi connectivity index (χ4v) is 3.62. The average Bonchev–Trinajstić information content (AvgIpc) is 2.38. The van der Waals surface area contributed by atoms with Crippen LogP contribution in [0.1, 0.15) is 25.3 Å². The molecule has 0 radical (unpaired) electrons. The standard InChI is InChI=1S/C15H24N2O2S/c1-12-4-3-9-17(15(12)10-16)11-13-5-7-14(8-6-13)20(2,18)19/h5-8,12,15H,3-4,9-11,16H2,1-2H3. The second kappa shape index (κ2) is 6.24. The molecule has 0 amide bonds. The largest absolute Gasteiger partial charge is 0.329 e. The number of benzene rings is 1. The van der Waals surface area contributed by atoms with Gasteiger partial charge in [0.25, 0.3) is 0 Å². The highest BCUT2D eigenvalue weighted by Crippen LogP contribution is 2.24.